The van der Waals surface area contributed by atoms with Gasteiger partial charge in [-0.25, -0.2) is 24.9 Å². The third-order valence-corrected chi connectivity index (χ3v) is 12.9. The molecule has 0 saturated heterocycles. The molecular weight excluding hydrogens is 743 g/mol. The zero-order valence-electron chi connectivity index (χ0n) is 32.1. The number of aromatic nitrogens is 5. The number of thiophene rings is 1. The minimum Gasteiger partial charge on any atom is -0.456 e. The van der Waals surface area contributed by atoms with Gasteiger partial charge in [-0.3, -0.25) is 0 Å². The third kappa shape index (κ3) is 5.28. The third-order valence-electron chi connectivity index (χ3n) is 11.8. The molecule has 6 nitrogen and oxygen atoms in total. The Labute approximate surface area is 343 Å². The number of benzene rings is 7. The van der Waals surface area contributed by atoms with Crippen molar-refractivity contribution in [2.45, 2.75) is 19.3 Å². The van der Waals surface area contributed by atoms with Crippen molar-refractivity contribution in [1.82, 2.24) is 24.9 Å². The molecule has 4 aromatic heterocycles. The van der Waals surface area contributed by atoms with Gasteiger partial charge in [0.1, 0.15) is 11.2 Å². The maximum atomic E-state index is 6.69. The highest BCUT2D eigenvalue weighted by Crippen LogP contribution is 2.50. The van der Waals surface area contributed by atoms with Crippen LogP contribution in [0.2, 0.25) is 0 Å². The van der Waals surface area contributed by atoms with Gasteiger partial charge in [0.15, 0.2) is 23.3 Å². The number of fused-ring (bicyclic) bond motifs is 9. The lowest BCUT2D eigenvalue weighted by molar-refractivity contribution is 0.660. The van der Waals surface area contributed by atoms with Crippen molar-refractivity contribution in [3.8, 4) is 67.9 Å². The van der Waals surface area contributed by atoms with E-state index in [-0.39, 0.29) is 5.41 Å². The van der Waals surface area contributed by atoms with Crippen LogP contribution in [-0.4, -0.2) is 24.9 Å². The first kappa shape index (κ1) is 33.8. The smallest absolute Gasteiger partial charge is 0.164 e. The molecule has 1 aliphatic carbocycles. The Kier molecular flexibility index (Phi) is 7.34. The molecule has 0 N–H and O–H groups in total. The summed E-state index contributed by atoms with van der Waals surface area (Å²) in [7, 11) is 0. The van der Waals surface area contributed by atoms with Gasteiger partial charge in [0.2, 0.25) is 0 Å². The molecule has 0 atom stereocenters. The van der Waals surface area contributed by atoms with E-state index in [1.807, 2.05) is 72.8 Å². The van der Waals surface area contributed by atoms with Crippen molar-refractivity contribution in [2.75, 3.05) is 0 Å². The van der Waals surface area contributed by atoms with Crippen LogP contribution < -0.4 is 0 Å². The van der Waals surface area contributed by atoms with E-state index in [1.54, 1.807) is 11.3 Å². The first-order valence-electron chi connectivity index (χ1n) is 19.7. The lowest BCUT2D eigenvalue weighted by Crippen LogP contribution is -2.15. The fourth-order valence-electron chi connectivity index (χ4n) is 8.85. The molecule has 1 aliphatic rings. The van der Waals surface area contributed by atoms with E-state index in [0.29, 0.717) is 23.3 Å². The first-order chi connectivity index (χ1) is 29.0. The van der Waals surface area contributed by atoms with Crippen LogP contribution in [0.3, 0.4) is 0 Å². The molecule has 0 bridgehead atoms. The second-order valence-electron chi connectivity index (χ2n) is 15.6. The minimum absolute atomic E-state index is 0.136. The molecule has 0 radical (unpaired) electrons. The van der Waals surface area contributed by atoms with Crippen LogP contribution in [0.25, 0.3) is 110 Å². The van der Waals surface area contributed by atoms with Crippen molar-refractivity contribution in [3.05, 3.63) is 175 Å². The van der Waals surface area contributed by atoms with Gasteiger partial charge in [0.25, 0.3) is 0 Å². The summed E-state index contributed by atoms with van der Waals surface area (Å²) in [4.78, 5) is 25.7. The first-order valence-corrected chi connectivity index (χ1v) is 20.6. The number of rotatable bonds is 5. The van der Waals surface area contributed by atoms with Crippen molar-refractivity contribution >= 4 is 53.6 Å². The second-order valence-corrected chi connectivity index (χ2v) is 16.7. The maximum absolute atomic E-state index is 6.69. The van der Waals surface area contributed by atoms with E-state index >= 15 is 0 Å². The summed E-state index contributed by atoms with van der Waals surface area (Å²) < 4.78 is 8.91. The summed E-state index contributed by atoms with van der Waals surface area (Å²) in [6.07, 6.45) is 0. The molecule has 12 rings (SSSR count). The largest absolute Gasteiger partial charge is 0.456 e. The molecule has 11 aromatic rings. The van der Waals surface area contributed by atoms with Crippen LogP contribution in [0.4, 0.5) is 0 Å². The molecule has 0 saturated carbocycles. The van der Waals surface area contributed by atoms with Gasteiger partial charge in [-0.05, 0) is 52.6 Å². The van der Waals surface area contributed by atoms with Crippen LogP contribution >= 0.6 is 11.3 Å². The van der Waals surface area contributed by atoms with E-state index in [1.165, 1.54) is 27.0 Å². The highest BCUT2D eigenvalue weighted by molar-refractivity contribution is 7.26. The molecule has 0 spiro atoms. The number of furan rings is 1. The molecule has 4 heterocycles. The summed E-state index contributed by atoms with van der Waals surface area (Å²) in [6, 6.07) is 56.6. The zero-order chi connectivity index (χ0) is 39.2. The lowest BCUT2D eigenvalue weighted by atomic mass is 9.82. The fourth-order valence-corrected chi connectivity index (χ4v) is 10.0. The van der Waals surface area contributed by atoms with Crippen molar-refractivity contribution in [3.63, 3.8) is 0 Å². The van der Waals surface area contributed by atoms with E-state index in [0.717, 1.165) is 71.1 Å². The summed E-state index contributed by atoms with van der Waals surface area (Å²) >= 11 is 1.73. The van der Waals surface area contributed by atoms with Crippen LogP contribution in [0.15, 0.2) is 168 Å². The number of hydrogen-bond acceptors (Lipinski definition) is 7. The molecule has 7 heteroatoms. The highest BCUT2D eigenvalue weighted by Gasteiger charge is 2.35. The minimum atomic E-state index is -0.136. The van der Waals surface area contributed by atoms with Gasteiger partial charge in [-0.15, -0.1) is 11.3 Å². The summed E-state index contributed by atoms with van der Waals surface area (Å²) in [5, 5.41) is 3.06. The molecule has 0 fully saturated rings. The number of nitrogens with zero attached hydrogens (tertiary/aromatic N) is 5. The van der Waals surface area contributed by atoms with Crippen LogP contribution in [0.1, 0.15) is 25.0 Å². The molecular formula is C52H33N5OS. The van der Waals surface area contributed by atoms with Gasteiger partial charge in [-0.2, -0.15) is 0 Å². The van der Waals surface area contributed by atoms with E-state index in [9.17, 15) is 0 Å². The molecule has 0 unspecified atom stereocenters. The lowest BCUT2D eigenvalue weighted by Gasteiger charge is -2.21. The van der Waals surface area contributed by atoms with Crippen LogP contribution in [-0.2, 0) is 5.41 Å². The zero-order valence-corrected chi connectivity index (χ0v) is 33.0. The van der Waals surface area contributed by atoms with Gasteiger partial charge in [-0.1, -0.05) is 147 Å². The quantitative estimate of drug-likeness (QED) is 0.173. The predicted molar refractivity (Wildman–Crippen MR) is 240 cm³/mol. The Balaban J connectivity index is 1.03. The standard InChI is InChI=1S/C52H33N5OS/c1-52(2)39-21-11-9-18-34(39)35-26-25-33(28-40(35)52)50-53-45(47-46(54-50)37-19-10-12-23-43(37)59-47)32-24-27-36-42(29-32)58-41-22-13-20-38(44(36)41)51-56-48(30-14-5-3-6-15-30)55-49(57-51)31-16-7-4-8-17-31/h3-29H,1-2H3. The monoisotopic (exact) mass is 775 g/mol. The summed E-state index contributed by atoms with van der Waals surface area (Å²) in [6.45, 7) is 4.62. The molecule has 59 heavy (non-hydrogen) atoms. The number of hydrogen-bond donors (Lipinski definition) is 0. The van der Waals surface area contributed by atoms with E-state index in [4.69, 9.17) is 29.3 Å². The van der Waals surface area contributed by atoms with Crippen molar-refractivity contribution in [2.24, 2.45) is 0 Å². The topological polar surface area (TPSA) is 77.6 Å². The predicted octanol–water partition coefficient (Wildman–Crippen LogP) is 13.6. The summed E-state index contributed by atoms with van der Waals surface area (Å²) in [5.41, 5.74) is 13.1. The second kappa shape index (κ2) is 12.8. The van der Waals surface area contributed by atoms with E-state index < -0.39 is 0 Å². The fraction of sp³-hybridized carbons (Fsp3) is 0.0577. The van der Waals surface area contributed by atoms with Gasteiger partial charge >= 0.3 is 0 Å². The molecule has 0 aliphatic heterocycles. The molecule has 0 amide bonds. The Bertz CT molecular complexity index is 3420. The maximum Gasteiger partial charge on any atom is 0.164 e. The molecule has 278 valence electrons. The van der Waals surface area contributed by atoms with Gasteiger partial charge in [0, 0.05) is 54.1 Å². The average Bonchev–Trinajstić information content (AvgIpc) is 3.93. The van der Waals surface area contributed by atoms with Gasteiger partial charge in [0.05, 0.1) is 15.9 Å². The molecule has 7 aromatic carbocycles. The van der Waals surface area contributed by atoms with E-state index in [2.05, 4.69) is 105 Å². The SMILES string of the molecule is CC1(C)c2ccccc2-c2ccc(-c3nc(-c4ccc5c(c4)oc4cccc(-c6nc(-c7ccccc7)nc(-c7ccccc7)n6)c45)c4sc5ccccc5c4n3)cc21. The van der Waals surface area contributed by atoms with Crippen molar-refractivity contribution in [1.29, 1.82) is 0 Å². The Morgan fingerprint density at radius 1 is 0.441 bits per heavy atom. The average molecular weight is 776 g/mol. The highest BCUT2D eigenvalue weighted by atomic mass is 32.1. The van der Waals surface area contributed by atoms with Crippen molar-refractivity contribution < 1.29 is 4.42 Å². The van der Waals surface area contributed by atoms with Crippen LogP contribution in [0, 0.1) is 0 Å². The van der Waals surface area contributed by atoms with Crippen LogP contribution in [0.5, 0.6) is 0 Å². The Morgan fingerprint density at radius 3 is 1.88 bits per heavy atom. The summed E-state index contributed by atoms with van der Waals surface area (Å²) in [5.74, 6) is 2.52. The Morgan fingerprint density at radius 2 is 1.08 bits per heavy atom. The van der Waals surface area contributed by atoms with Gasteiger partial charge < -0.3 is 4.42 Å². The Hall–Kier alpha value is -7.35. The normalized spacial score (nSPS) is 13.1.